The van der Waals surface area contributed by atoms with Crippen LogP contribution in [0.1, 0.15) is 22.8 Å². The average molecular weight is 409 g/mol. The number of fused-ring (bicyclic) bond motifs is 1. The Bertz CT molecular complexity index is 1380. The maximum atomic E-state index is 13.0. The number of carbonyl (C=O) groups excluding carboxylic acids is 1. The van der Waals surface area contributed by atoms with E-state index in [-0.39, 0.29) is 11.5 Å². The fraction of sp³-hybridized carbons (Fsp3) is 0.0833. The summed E-state index contributed by atoms with van der Waals surface area (Å²) in [5, 5.41) is 9.94. The number of hydrogen-bond acceptors (Lipinski definition) is 5. The van der Waals surface area contributed by atoms with Crippen molar-refractivity contribution >= 4 is 22.8 Å². The minimum atomic E-state index is -0.409. The van der Waals surface area contributed by atoms with Crippen LogP contribution in [0.4, 0.5) is 5.95 Å². The van der Waals surface area contributed by atoms with Crippen LogP contribution in [0, 0.1) is 11.3 Å². The standard InChI is InChI=1S/C24H19N5O2/c1-2-29-23(31)20-13-7-8-14-21(20)26-24(29)28-27-22(30)19-12-6-5-11-18(19)17-10-4-3-9-16(17)15-25/h3-14H,2H2,1H3,(H,26,28)(H,27,30). The molecule has 0 spiro atoms. The van der Waals surface area contributed by atoms with Crippen molar-refractivity contribution in [2.75, 3.05) is 5.43 Å². The number of rotatable bonds is 5. The molecule has 0 aliphatic heterocycles. The molecule has 0 atom stereocenters. The van der Waals surface area contributed by atoms with Crippen LogP contribution in [-0.2, 0) is 6.54 Å². The third-order valence-corrected chi connectivity index (χ3v) is 4.98. The number of nitriles is 1. The number of para-hydroxylation sites is 1. The molecule has 0 saturated heterocycles. The zero-order valence-corrected chi connectivity index (χ0v) is 16.8. The summed E-state index contributed by atoms with van der Waals surface area (Å²) in [4.78, 5) is 30.2. The molecule has 1 aromatic heterocycles. The molecule has 152 valence electrons. The normalized spacial score (nSPS) is 10.5. The third kappa shape index (κ3) is 3.74. The summed E-state index contributed by atoms with van der Waals surface area (Å²) in [5.74, 6) is -0.164. The first-order valence-electron chi connectivity index (χ1n) is 9.78. The third-order valence-electron chi connectivity index (χ3n) is 4.98. The summed E-state index contributed by atoms with van der Waals surface area (Å²) in [6.07, 6.45) is 0. The van der Waals surface area contributed by atoms with Gasteiger partial charge in [-0.1, -0.05) is 48.5 Å². The SMILES string of the molecule is CCn1c(NNC(=O)c2ccccc2-c2ccccc2C#N)nc2ccccc2c1=O. The van der Waals surface area contributed by atoms with Crippen molar-refractivity contribution in [1.82, 2.24) is 15.0 Å². The topological polar surface area (TPSA) is 99.8 Å². The van der Waals surface area contributed by atoms with E-state index in [1.807, 2.05) is 19.1 Å². The van der Waals surface area contributed by atoms with Crippen LogP contribution in [-0.4, -0.2) is 15.5 Å². The molecule has 0 saturated carbocycles. The Labute approximate surface area is 178 Å². The molecule has 0 aliphatic rings. The maximum Gasteiger partial charge on any atom is 0.270 e. The molecular weight excluding hydrogens is 390 g/mol. The van der Waals surface area contributed by atoms with Gasteiger partial charge in [0.1, 0.15) is 0 Å². The summed E-state index contributed by atoms with van der Waals surface area (Å²) < 4.78 is 1.46. The largest absolute Gasteiger partial charge is 0.277 e. The van der Waals surface area contributed by atoms with Crippen molar-refractivity contribution in [3.8, 4) is 17.2 Å². The Kier molecular flexibility index (Phi) is 5.45. The predicted octanol–water partition coefficient (Wildman–Crippen LogP) is 3.71. The van der Waals surface area contributed by atoms with E-state index in [1.54, 1.807) is 60.7 Å². The van der Waals surface area contributed by atoms with Crippen molar-refractivity contribution in [2.45, 2.75) is 13.5 Å². The summed E-state index contributed by atoms with van der Waals surface area (Å²) in [7, 11) is 0. The molecule has 0 fully saturated rings. The molecule has 0 unspecified atom stereocenters. The summed E-state index contributed by atoms with van der Waals surface area (Å²) in [6.45, 7) is 2.22. The molecule has 3 aromatic carbocycles. The number of carbonyl (C=O) groups is 1. The number of anilines is 1. The van der Waals surface area contributed by atoms with Gasteiger partial charge in [-0.2, -0.15) is 5.26 Å². The van der Waals surface area contributed by atoms with E-state index < -0.39 is 5.91 Å². The van der Waals surface area contributed by atoms with Gasteiger partial charge in [0.25, 0.3) is 11.5 Å². The van der Waals surface area contributed by atoms with Crippen molar-refractivity contribution in [3.05, 3.63) is 94.3 Å². The van der Waals surface area contributed by atoms with Crippen molar-refractivity contribution in [2.24, 2.45) is 0 Å². The Hall–Kier alpha value is -4.44. The van der Waals surface area contributed by atoms with Crippen LogP contribution >= 0.6 is 0 Å². The lowest BCUT2D eigenvalue weighted by atomic mass is 9.95. The van der Waals surface area contributed by atoms with Crippen LogP contribution in [0.2, 0.25) is 0 Å². The molecule has 1 amide bonds. The Morgan fingerprint density at radius 2 is 1.68 bits per heavy atom. The molecule has 31 heavy (non-hydrogen) atoms. The molecule has 4 rings (SSSR count). The van der Waals surface area contributed by atoms with Gasteiger partial charge in [-0.05, 0) is 36.8 Å². The first kappa shape index (κ1) is 19.9. The van der Waals surface area contributed by atoms with Gasteiger partial charge >= 0.3 is 0 Å². The molecule has 7 heteroatoms. The van der Waals surface area contributed by atoms with Gasteiger partial charge in [0.15, 0.2) is 0 Å². The smallest absolute Gasteiger partial charge is 0.270 e. The monoisotopic (exact) mass is 409 g/mol. The molecule has 7 nitrogen and oxygen atoms in total. The fourth-order valence-corrected chi connectivity index (χ4v) is 3.47. The number of nitrogens with zero attached hydrogens (tertiary/aromatic N) is 3. The lowest BCUT2D eigenvalue weighted by Crippen LogP contribution is -2.34. The van der Waals surface area contributed by atoms with Gasteiger partial charge < -0.3 is 0 Å². The Balaban J connectivity index is 1.67. The second kappa shape index (κ2) is 8.51. The van der Waals surface area contributed by atoms with Gasteiger partial charge in [0.05, 0.1) is 22.5 Å². The highest BCUT2D eigenvalue weighted by Gasteiger charge is 2.16. The maximum absolute atomic E-state index is 13.0. The van der Waals surface area contributed by atoms with E-state index in [1.165, 1.54) is 4.57 Å². The number of hydrazine groups is 1. The zero-order chi connectivity index (χ0) is 21.8. The number of amides is 1. The number of aromatic nitrogens is 2. The predicted molar refractivity (Wildman–Crippen MR) is 119 cm³/mol. The summed E-state index contributed by atoms with van der Waals surface area (Å²) >= 11 is 0. The van der Waals surface area contributed by atoms with Crippen LogP contribution in [0.15, 0.2) is 77.6 Å². The summed E-state index contributed by atoms with van der Waals surface area (Å²) in [5.41, 5.74) is 7.96. The minimum absolute atomic E-state index is 0.187. The highest BCUT2D eigenvalue weighted by molar-refractivity contribution is 6.01. The lowest BCUT2D eigenvalue weighted by molar-refractivity contribution is 0.0962. The second-order valence-electron chi connectivity index (χ2n) is 6.78. The number of benzene rings is 3. The number of hydrogen-bond donors (Lipinski definition) is 2. The number of nitrogens with one attached hydrogen (secondary N) is 2. The molecular formula is C24H19N5O2. The molecule has 0 radical (unpaired) electrons. The van der Waals surface area contributed by atoms with Crippen LogP contribution in [0.25, 0.3) is 22.0 Å². The van der Waals surface area contributed by atoms with E-state index >= 15 is 0 Å². The van der Waals surface area contributed by atoms with Gasteiger partial charge in [0, 0.05) is 17.7 Å². The molecule has 2 N–H and O–H groups in total. The molecule has 1 heterocycles. The van der Waals surface area contributed by atoms with E-state index in [0.29, 0.717) is 39.7 Å². The summed E-state index contributed by atoms with van der Waals surface area (Å²) in [6, 6.07) is 23.4. The quantitative estimate of drug-likeness (QED) is 0.490. The van der Waals surface area contributed by atoms with Crippen LogP contribution in [0.3, 0.4) is 0 Å². The first-order valence-corrected chi connectivity index (χ1v) is 9.78. The van der Waals surface area contributed by atoms with Gasteiger partial charge in [0.2, 0.25) is 5.95 Å². The second-order valence-corrected chi connectivity index (χ2v) is 6.78. The molecule has 0 aliphatic carbocycles. The fourth-order valence-electron chi connectivity index (χ4n) is 3.47. The van der Waals surface area contributed by atoms with Gasteiger partial charge in [-0.25, -0.2) is 4.98 Å². The highest BCUT2D eigenvalue weighted by Crippen LogP contribution is 2.26. The van der Waals surface area contributed by atoms with Crippen LogP contribution < -0.4 is 16.4 Å². The van der Waals surface area contributed by atoms with E-state index in [4.69, 9.17) is 0 Å². The van der Waals surface area contributed by atoms with Gasteiger partial charge in [-0.3, -0.25) is 25.0 Å². The van der Waals surface area contributed by atoms with Crippen molar-refractivity contribution < 1.29 is 4.79 Å². The average Bonchev–Trinajstić information content (AvgIpc) is 2.82. The lowest BCUT2D eigenvalue weighted by Gasteiger charge is -2.15. The van der Waals surface area contributed by atoms with Crippen molar-refractivity contribution in [3.63, 3.8) is 0 Å². The first-order chi connectivity index (χ1) is 15.1. The van der Waals surface area contributed by atoms with E-state index in [2.05, 4.69) is 21.9 Å². The van der Waals surface area contributed by atoms with Gasteiger partial charge in [-0.15, -0.1) is 0 Å². The minimum Gasteiger partial charge on any atom is -0.277 e. The van der Waals surface area contributed by atoms with E-state index in [0.717, 1.165) is 0 Å². The van der Waals surface area contributed by atoms with E-state index in [9.17, 15) is 14.9 Å². The zero-order valence-electron chi connectivity index (χ0n) is 16.8. The highest BCUT2D eigenvalue weighted by atomic mass is 16.2. The van der Waals surface area contributed by atoms with Crippen LogP contribution in [0.5, 0.6) is 0 Å². The molecule has 4 aromatic rings. The van der Waals surface area contributed by atoms with Crippen molar-refractivity contribution in [1.29, 1.82) is 5.26 Å². The molecule has 0 bridgehead atoms. The Morgan fingerprint density at radius 1 is 1.00 bits per heavy atom. The Morgan fingerprint density at radius 3 is 2.45 bits per heavy atom.